The van der Waals surface area contributed by atoms with E-state index in [1.807, 2.05) is 6.92 Å². The largest absolute Gasteiger partial charge is 0.463 e. The zero-order valence-electron chi connectivity index (χ0n) is 20.8. The summed E-state index contributed by atoms with van der Waals surface area (Å²) < 4.78 is 17.0. The highest BCUT2D eigenvalue weighted by molar-refractivity contribution is 5.69. The normalized spacial score (nSPS) is 20.5. The number of carbonyl (C=O) groups excluding carboxylic acids is 1. The summed E-state index contributed by atoms with van der Waals surface area (Å²) >= 11 is 0. The Labute approximate surface area is 200 Å². The molecule has 1 aliphatic heterocycles. The molecule has 0 aliphatic carbocycles. The van der Waals surface area contributed by atoms with Crippen LogP contribution in [0.15, 0.2) is 30.7 Å². The van der Waals surface area contributed by atoms with Crippen LogP contribution in [0, 0.1) is 0 Å². The molecule has 1 aliphatic rings. The van der Waals surface area contributed by atoms with Crippen molar-refractivity contribution in [3.63, 3.8) is 0 Å². The molecular formula is C27H44N2O4. The Balaban J connectivity index is 1.40. The Morgan fingerprint density at radius 2 is 1.70 bits per heavy atom. The number of allylic oxidation sites excluding steroid dienone is 2. The SMILES string of the molecule is CCCCCCCCC=CCCCCCCCC(=O)OCC1COC(C)(c2cnccn2)O1. The third-order valence-electron chi connectivity index (χ3n) is 6.04. The van der Waals surface area contributed by atoms with Gasteiger partial charge in [-0.05, 0) is 39.0 Å². The molecule has 1 aromatic rings. The van der Waals surface area contributed by atoms with Crippen molar-refractivity contribution in [1.82, 2.24) is 9.97 Å². The number of ether oxygens (including phenoxy) is 3. The van der Waals surface area contributed by atoms with Gasteiger partial charge in [-0.25, -0.2) is 0 Å². The minimum Gasteiger partial charge on any atom is -0.463 e. The summed E-state index contributed by atoms with van der Waals surface area (Å²) in [5, 5.41) is 0. The maximum atomic E-state index is 12.0. The van der Waals surface area contributed by atoms with Crippen molar-refractivity contribution in [2.45, 2.75) is 116 Å². The molecule has 186 valence electrons. The molecule has 6 nitrogen and oxygen atoms in total. The molecule has 33 heavy (non-hydrogen) atoms. The molecule has 0 aromatic carbocycles. The summed E-state index contributed by atoms with van der Waals surface area (Å²) in [5.74, 6) is -1.10. The molecule has 2 unspecified atom stereocenters. The zero-order chi connectivity index (χ0) is 23.6. The van der Waals surface area contributed by atoms with Crippen LogP contribution in [0.5, 0.6) is 0 Å². The van der Waals surface area contributed by atoms with Gasteiger partial charge >= 0.3 is 5.97 Å². The Hall–Kier alpha value is -1.79. The van der Waals surface area contributed by atoms with Crippen LogP contribution in [0.1, 0.15) is 109 Å². The van der Waals surface area contributed by atoms with Crippen molar-refractivity contribution in [2.75, 3.05) is 13.2 Å². The number of carbonyl (C=O) groups is 1. The Morgan fingerprint density at radius 1 is 1.03 bits per heavy atom. The predicted molar refractivity (Wildman–Crippen MR) is 131 cm³/mol. The molecule has 0 saturated carbocycles. The highest BCUT2D eigenvalue weighted by atomic mass is 16.8. The van der Waals surface area contributed by atoms with Crippen molar-refractivity contribution < 1.29 is 19.0 Å². The van der Waals surface area contributed by atoms with Gasteiger partial charge in [-0.3, -0.25) is 14.8 Å². The van der Waals surface area contributed by atoms with Crippen molar-refractivity contribution in [2.24, 2.45) is 0 Å². The second-order valence-electron chi connectivity index (χ2n) is 9.10. The summed E-state index contributed by atoms with van der Waals surface area (Å²) in [6.45, 7) is 4.65. The molecule has 2 heterocycles. The Morgan fingerprint density at radius 3 is 2.36 bits per heavy atom. The van der Waals surface area contributed by atoms with Crippen LogP contribution < -0.4 is 0 Å². The van der Waals surface area contributed by atoms with Gasteiger partial charge in [0.05, 0.1) is 12.8 Å². The molecule has 6 heteroatoms. The summed E-state index contributed by atoms with van der Waals surface area (Å²) in [4.78, 5) is 20.3. The van der Waals surface area contributed by atoms with E-state index >= 15 is 0 Å². The first-order valence-corrected chi connectivity index (χ1v) is 13.0. The van der Waals surface area contributed by atoms with E-state index < -0.39 is 5.79 Å². The van der Waals surface area contributed by atoms with Crippen LogP contribution in [-0.2, 0) is 24.8 Å². The minimum atomic E-state index is -0.936. The fraction of sp³-hybridized carbons (Fsp3) is 0.741. The monoisotopic (exact) mass is 460 g/mol. The van der Waals surface area contributed by atoms with Crippen LogP contribution in [0.2, 0.25) is 0 Å². The van der Waals surface area contributed by atoms with Crippen LogP contribution in [0.3, 0.4) is 0 Å². The van der Waals surface area contributed by atoms with Crippen LogP contribution >= 0.6 is 0 Å². The van der Waals surface area contributed by atoms with E-state index in [1.165, 1.54) is 70.6 Å². The van der Waals surface area contributed by atoms with Crippen LogP contribution in [-0.4, -0.2) is 35.3 Å². The first kappa shape index (κ1) is 27.5. The van der Waals surface area contributed by atoms with E-state index in [-0.39, 0.29) is 18.7 Å². The topological polar surface area (TPSA) is 70.5 Å². The molecule has 0 N–H and O–H groups in total. The van der Waals surface area contributed by atoms with Crippen molar-refractivity contribution >= 4 is 5.97 Å². The van der Waals surface area contributed by atoms with E-state index in [4.69, 9.17) is 14.2 Å². The van der Waals surface area contributed by atoms with Gasteiger partial charge < -0.3 is 14.2 Å². The molecule has 0 radical (unpaired) electrons. The summed E-state index contributed by atoms with van der Waals surface area (Å²) in [5.41, 5.74) is 0.618. The van der Waals surface area contributed by atoms with E-state index in [0.717, 1.165) is 12.8 Å². The van der Waals surface area contributed by atoms with Gasteiger partial charge in [0.1, 0.15) is 18.4 Å². The number of hydrogen-bond donors (Lipinski definition) is 0. The zero-order valence-corrected chi connectivity index (χ0v) is 20.8. The fourth-order valence-electron chi connectivity index (χ4n) is 3.99. The minimum absolute atomic E-state index is 0.163. The third kappa shape index (κ3) is 11.8. The summed E-state index contributed by atoms with van der Waals surface area (Å²) in [6.07, 6.45) is 25.9. The average molecular weight is 461 g/mol. The lowest BCUT2D eigenvalue weighted by Crippen LogP contribution is -2.27. The van der Waals surface area contributed by atoms with E-state index in [0.29, 0.717) is 18.7 Å². The molecule has 2 atom stereocenters. The maximum absolute atomic E-state index is 12.0. The second kappa shape index (κ2) is 16.8. The number of nitrogens with zero attached hydrogens (tertiary/aromatic N) is 2. The quantitative estimate of drug-likeness (QED) is 0.139. The van der Waals surface area contributed by atoms with Crippen LogP contribution in [0.4, 0.5) is 0 Å². The van der Waals surface area contributed by atoms with Crippen LogP contribution in [0.25, 0.3) is 0 Å². The second-order valence-corrected chi connectivity index (χ2v) is 9.10. The molecule has 0 spiro atoms. The maximum Gasteiger partial charge on any atom is 0.305 e. The highest BCUT2D eigenvalue weighted by Crippen LogP contribution is 2.32. The summed E-state index contributed by atoms with van der Waals surface area (Å²) in [7, 11) is 0. The number of unbranched alkanes of at least 4 members (excludes halogenated alkanes) is 11. The lowest BCUT2D eigenvalue weighted by atomic mass is 10.1. The Bertz CT molecular complexity index is 667. The average Bonchev–Trinajstić information content (AvgIpc) is 3.23. The van der Waals surface area contributed by atoms with Crippen molar-refractivity contribution in [3.05, 3.63) is 36.4 Å². The first-order valence-electron chi connectivity index (χ1n) is 13.0. The molecule has 1 aromatic heterocycles. The molecule has 1 saturated heterocycles. The van der Waals surface area contributed by atoms with Gasteiger partial charge in [-0.15, -0.1) is 0 Å². The van der Waals surface area contributed by atoms with Crippen molar-refractivity contribution in [3.8, 4) is 0 Å². The van der Waals surface area contributed by atoms with E-state index in [9.17, 15) is 4.79 Å². The van der Waals surface area contributed by atoms with E-state index in [1.54, 1.807) is 18.6 Å². The summed E-state index contributed by atoms with van der Waals surface area (Å²) in [6, 6.07) is 0. The van der Waals surface area contributed by atoms with Gasteiger partial charge in [-0.1, -0.05) is 70.4 Å². The Kier molecular flexibility index (Phi) is 13.9. The number of aromatic nitrogens is 2. The first-order chi connectivity index (χ1) is 16.1. The van der Waals surface area contributed by atoms with E-state index in [2.05, 4.69) is 29.0 Å². The van der Waals surface area contributed by atoms with Gasteiger partial charge in [0.15, 0.2) is 0 Å². The lowest BCUT2D eigenvalue weighted by molar-refractivity contribution is -0.174. The smallest absolute Gasteiger partial charge is 0.305 e. The molecule has 1 fully saturated rings. The number of hydrogen-bond acceptors (Lipinski definition) is 6. The lowest BCUT2D eigenvalue weighted by Gasteiger charge is -2.21. The standard InChI is InChI=1S/C27H44N2O4/c1-3-4-5-6-7-8-9-10-11-12-13-14-15-16-17-18-26(30)31-22-24-23-32-27(2,33-24)25-21-28-19-20-29-25/h10-11,19-21,24H,3-9,12-18,22-23H2,1-2H3. The molecule has 2 rings (SSSR count). The predicted octanol–water partition coefficient (Wildman–Crippen LogP) is 6.65. The molecule has 0 bridgehead atoms. The fourth-order valence-corrected chi connectivity index (χ4v) is 3.99. The number of esters is 1. The van der Waals surface area contributed by atoms with Gasteiger partial charge in [0.25, 0.3) is 0 Å². The number of rotatable bonds is 18. The van der Waals surface area contributed by atoms with Gasteiger partial charge in [0.2, 0.25) is 5.79 Å². The third-order valence-corrected chi connectivity index (χ3v) is 6.04. The highest BCUT2D eigenvalue weighted by Gasteiger charge is 2.40. The van der Waals surface area contributed by atoms with Gasteiger partial charge in [0, 0.05) is 18.8 Å². The molecular weight excluding hydrogens is 416 g/mol. The van der Waals surface area contributed by atoms with Crippen molar-refractivity contribution in [1.29, 1.82) is 0 Å². The molecule has 0 amide bonds. The van der Waals surface area contributed by atoms with Gasteiger partial charge in [-0.2, -0.15) is 0 Å².